The summed E-state index contributed by atoms with van der Waals surface area (Å²) in [6, 6.07) is 15.0. The highest BCUT2D eigenvalue weighted by molar-refractivity contribution is 7.89. The van der Waals surface area contributed by atoms with E-state index >= 15 is 0 Å². The van der Waals surface area contributed by atoms with Crippen LogP contribution in [0.4, 0.5) is 0 Å². The smallest absolute Gasteiger partial charge is 0.251 e. The zero-order chi connectivity index (χ0) is 21.3. The first-order chi connectivity index (χ1) is 13.8. The molecule has 0 aliphatic rings. The third-order valence-corrected chi connectivity index (χ3v) is 5.12. The molecule has 0 aliphatic carbocycles. The first-order valence-electron chi connectivity index (χ1n) is 9.32. The van der Waals surface area contributed by atoms with Crippen LogP contribution in [0.1, 0.15) is 27.0 Å². The highest BCUT2D eigenvalue weighted by Gasteiger charge is 2.06. The van der Waals surface area contributed by atoms with Gasteiger partial charge in [-0.1, -0.05) is 36.4 Å². The maximum atomic E-state index is 11.7. The van der Waals surface area contributed by atoms with Gasteiger partial charge in [0.2, 0.25) is 0 Å². The number of amides is 1. The van der Waals surface area contributed by atoms with E-state index in [2.05, 4.69) is 20.9 Å². The molecule has 8 heteroatoms. The van der Waals surface area contributed by atoms with Crippen molar-refractivity contribution in [2.24, 2.45) is 4.99 Å². The molecule has 29 heavy (non-hydrogen) atoms. The van der Waals surface area contributed by atoms with Gasteiger partial charge in [0.05, 0.1) is 5.75 Å². The Hall–Kier alpha value is -2.87. The highest BCUT2D eigenvalue weighted by Crippen LogP contribution is 2.08. The van der Waals surface area contributed by atoms with Crippen LogP contribution < -0.4 is 16.0 Å². The molecule has 2 aromatic carbocycles. The number of hydrogen-bond donors (Lipinski definition) is 3. The number of carbonyl (C=O) groups excluding carboxylic acids is 1. The van der Waals surface area contributed by atoms with Crippen molar-refractivity contribution in [2.75, 3.05) is 26.9 Å². The lowest BCUT2D eigenvalue weighted by atomic mass is 10.1. The topological polar surface area (TPSA) is 99.7 Å². The van der Waals surface area contributed by atoms with Gasteiger partial charge in [-0.05, 0) is 35.2 Å². The van der Waals surface area contributed by atoms with E-state index in [4.69, 9.17) is 0 Å². The van der Waals surface area contributed by atoms with E-state index in [0.29, 0.717) is 24.6 Å². The number of nitrogens with one attached hydrogen (secondary N) is 3. The van der Waals surface area contributed by atoms with Crippen molar-refractivity contribution in [3.63, 3.8) is 0 Å². The third kappa shape index (κ3) is 7.95. The summed E-state index contributed by atoms with van der Waals surface area (Å²) < 4.78 is 22.7. The van der Waals surface area contributed by atoms with E-state index in [9.17, 15) is 13.2 Å². The van der Waals surface area contributed by atoms with Crippen LogP contribution in [0.2, 0.25) is 0 Å². The lowest BCUT2D eigenvalue weighted by Gasteiger charge is -2.12. The molecule has 2 rings (SSSR count). The largest absolute Gasteiger partial charge is 0.356 e. The number of benzene rings is 2. The van der Waals surface area contributed by atoms with Gasteiger partial charge in [0.25, 0.3) is 5.91 Å². The molecule has 0 radical (unpaired) electrons. The Balaban J connectivity index is 1.82. The van der Waals surface area contributed by atoms with Crippen LogP contribution in [0.25, 0.3) is 0 Å². The van der Waals surface area contributed by atoms with Crippen molar-refractivity contribution >= 4 is 21.7 Å². The fourth-order valence-corrected chi connectivity index (χ4v) is 3.60. The van der Waals surface area contributed by atoms with Gasteiger partial charge in [0.1, 0.15) is 0 Å². The Bertz CT molecular complexity index is 954. The second kappa shape index (κ2) is 10.6. The summed E-state index contributed by atoms with van der Waals surface area (Å²) in [6.07, 6.45) is 1.98. The molecule has 0 bridgehead atoms. The Morgan fingerprint density at radius 3 is 2.31 bits per heavy atom. The van der Waals surface area contributed by atoms with Gasteiger partial charge in [0.15, 0.2) is 15.8 Å². The van der Waals surface area contributed by atoms with Crippen molar-refractivity contribution in [1.82, 2.24) is 16.0 Å². The predicted molar refractivity (Wildman–Crippen MR) is 117 cm³/mol. The molecular weight excluding hydrogens is 388 g/mol. The maximum Gasteiger partial charge on any atom is 0.251 e. The molecule has 0 aromatic heterocycles. The van der Waals surface area contributed by atoms with Crippen molar-refractivity contribution in [3.8, 4) is 0 Å². The lowest BCUT2D eigenvalue weighted by Crippen LogP contribution is -2.37. The fourth-order valence-electron chi connectivity index (χ4n) is 2.80. The highest BCUT2D eigenvalue weighted by atomic mass is 32.2. The van der Waals surface area contributed by atoms with E-state index < -0.39 is 9.84 Å². The van der Waals surface area contributed by atoms with Crippen LogP contribution in [0.5, 0.6) is 0 Å². The third-order valence-electron chi connectivity index (χ3n) is 4.26. The van der Waals surface area contributed by atoms with Gasteiger partial charge in [-0.25, -0.2) is 8.42 Å². The van der Waals surface area contributed by atoms with Crippen LogP contribution in [0.3, 0.4) is 0 Å². The molecule has 0 saturated carbocycles. The Morgan fingerprint density at radius 2 is 1.69 bits per heavy atom. The van der Waals surface area contributed by atoms with Crippen LogP contribution in [-0.2, 0) is 28.6 Å². The standard InChI is InChI=1S/C21H28N4O3S/c1-22-20(26)19-6-4-5-16(13-19)11-12-24-21(23-2)25-14-17-7-9-18(10-8-17)15-29(3,27)28/h4-10,13H,11-12,14-15H2,1-3H3,(H,22,26)(H2,23,24,25). The Morgan fingerprint density at radius 1 is 1.00 bits per heavy atom. The average molecular weight is 417 g/mol. The monoisotopic (exact) mass is 416 g/mol. The first kappa shape index (κ1) is 22.4. The molecule has 7 nitrogen and oxygen atoms in total. The zero-order valence-corrected chi connectivity index (χ0v) is 17.8. The van der Waals surface area contributed by atoms with Gasteiger partial charge in [-0.15, -0.1) is 0 Å². The summed E-state index contributed by atoms with van der Waals surface area (Å²) >= 11 is 0. The molecule has 0 unspecified atom stereocenters. The van der Waals surface area contributed by atoms with E-state index in [0.717, 1.165) is 23.1 Å². The fraction of sp³-hybridized carbons (Fsp3) is 0.333. The molecule has 0 spiro atoms. The van der Waals surface area contributed by atoms with Crippen LogP contribution >= 0.6 is 0 Å². The molecule has 3 N–H and O–H groups in total. The molecule has 0 saturated heterocycles. The van der Waals surface area contributed by atoms with Crippen molar-refractivity contribution in [2.45, 2.75) is 18.7 Å². The minimum atomic E-state index is -3.03. The molecule has 1 amide bonds. The lowest BCUT2D eigenvalue weighted by molar-refractivity contribution is 0.0963. The Labute approximate surface area is 172 Å². The molecular formula is C21H28N4O3S. The zero-order valence-electron chi connectivity index (χ0n) is 17.0. The molecule has 0 aliphatic heterocycles. The van der Waals surface area contributed by atoms with Gasteiger partial charge in [-0.2, -0.15) is 0 Å². The Kier molecular flexibility index (Phi) is 8.21. The summed E-state index contributed by atoms with van der Waals surface area (Å²) in [7, 11) is 0.293. The number of hydrogen-bond acceptors (Lipinski definition) is 4. The van der Waals surface area contributed by atoms with E-state index in [1.807, 2.05) is 42.5 Å². The van der Waals surface area contributed by atoms with E-state index in [1.165, 1.54) is 6.26 Å². The number of aliphatic imine (C=N–C) groups is 1. The van der Waals surface area contributed by atoms with Crippen LogP contribution in [-0.4, -0.2) is 47.2 Å². The predicted octanol–water partition coefficient (Wildman–Crippen LogP) is 1.50. The molecule has 156 valence electrons. The number of sulfone groups is 1. The van der Waals surface area contributed by atoms with E-state index in [-0.39, 0.29) is 11.7 Å². The summed E-state index contributed by atoms with van der Waals surface area (Å²) in [6.45, 7) is 1.25. The molecule has 0 atom stereocenters. The number of carbonyl (C=O) groups is 1. The summed E-state index contributed by atoms with van der Waals surface area (Å²) in [5, 5.41) is 9.11. The quantitative estimate of drug-likeness (QED) is 0.447. The van der Waals surface area contributed by atoms with Gasteiger partial charge in [0, 0.05) is 39.0 Å². The molecule has 0 fully saturated rings. The van der Waals surface area contributed by atoms with Gasteiger partial charge >= 0.3 is 0 Å². The minimum absolute atomic E-state index is 0.0467. The second-order valence-corrected chi connectivity index (χ2v) is 8.91. The van der Waals surface area contributed by atoms with Crippen molar-refractivity contribution < 1.29 is 13.2 Å². The van der Waals surface area contributed by atoms with Gasteiger partial charge < -0.3 is 16.0 Å². The number of guanidine groups is 1. The maximum absolute atomic E-state index is 11.7. The first-order valence-corrected chi connectivity index (χ1v) is 11.4. The van der Waals surface area contributed by atoms with E-state index in [1.54, 1.807) is 20.2 Å². The molecule has 2 aromatic rings. The minimum Gasteiger partial charge on any atom is -0.356 e. The van der Waals surface area contributed by atoms with Gasteiger partial charge in [-0.3, -0.25) is 9.79 Å². The SMILES string of the molecule is CN=C(NCCc1cccc(C(=O)NC)c1)NCc1ccc(CS(C)(=O)=O)cc1. The summed E-state index contributed by atoms with van der Waals surface area (Å²) in [5.41, 5.74) is 3.52. The van der Waals surface area contributed by atoms with Crippen molar-refractivity contribution in [1.29, 1.82) is 0 Å². The van der Waals surface area contributed by atoms with Crippen LogP contribution in [0, 0.1) is 0 Å². The second-order valence-electron chi connectivity index (χ2n) is 6.77. The number of rotatable bonds is 8. The molecule has 0 heterocycles. The van der Waals surface area contributed by atoms with Crippen molar-refractivity contribution in [3.05, 3.63) is 70.8 Å². The average Bonchev–Trinajstić information content (AvgIpc) is 2.70. The van der Waals surface area contributed by atoms with Crippen LogP contribution in [0.15, 0.2) is 53.5 Å². The summed E-state index contributed by atoms with van der Waals surface area (Å²) in [4.78, 5) is 15.9. The normalized spacial score (nSPS) is 11.8. The number of nitrogens with zero attached hydrogens (tertiary/aromatic N) is 1. The summed E-state index contributed by atoms with van der Waals surface area (Å²) in [5.74, 6) is 0.623.